The van der Waals surface area contributed by atoms with Gasteiger partial charge in [0.1, 0.15) is 0 Å². The Morgan fingerprint density at radius 3 is 2.62 bits per heavy atom. The number of nitrogens with one attached hydrogen (secondary N) is 1. The van der Waals surface area contributed by atoms with E-state index in [1.807, 2.05) is 42.7 Å². The molecule has 0 aliphatic carbocycles. The largest absolute Gasteiger partial charge is 0.385 e. The number of aromatic nitrogens is 3. The van der Waals surface area contributed by atoms with Crippen LogP contribution in [0, 0.1) is 0 Å². The smallest absolute Gasteiger partial charge is 0.170 e. The number of ether oxygens (including phenoxy) is 1. The number of hydrogen-bond acceptors (Lipinski definition) is 4. The van der Waals surface area contributed by atoms with Gasteiger partial charge in [-0.25, -0.2) is 0 Å². The Labute approximate surface area is 176 Å². The summed E-state index contributed by atoms with van der Waals surface area (Å²) in [6.45, 7) is 2.24. The average Bonchev–Trinajstić information content (AvgIpc) is 3.33. The molecule has 0 bridgehead atoms. The molecule has 0 unspecified atom stereocenters. The molecule has 4 rings (SSSR count). The van der Waals surface area contributed by atoms with Crippen molar-refractivity contribution in [2.75, 3.05) is 20.3 Å². The molecule has 0 aromatic carbocycles. The van der Waals surface area contributed by atoms with E-state index in [1.165, 1.54) is 5.69 Å². The molecule has 29 heavy (non-hydrogen) atoms. The van der Waals surface area contributed by atoms with E-state index in [4.69, 9.17) is 17.0 Å². The lowest BCUT2D eigenvalue weighted by Gasteiger charge is -2.29. The van der Waals surface area contributed by atoms with Gasteiger partial charge in [0.25, 0.3) is 0 Å². The van der Waals surface area contributed by atoms with E-state index >= 15 is 0 Å². The van der Waals surface area contributed by atoms with E-state index in [2.05, 4.69) is 49.1 Å². The quantitative estimate of drug-likeness (QED) is 0.457. The predicted octanol–water partition coefficient (Wildman–Crippen LogP) is 3.34. The van der Waals surface area contributed by atoms with E-state index in [0.29, 0.717) is 13.2 Å². The van der Waals surface area contributed by atoms with Crippen LogP contribution in [0.1, 0.15) is 35.6 Å². The maximum absolute atomic E-state index is 5.72. The molecule has 6 nitrogen and oxygen atoms in total. The molecule has 3 aromatic heterocycles. The molecule has 7 heteroatoms. The molecule has 2 atom stereocenters. The van der Waals surface area contributed by atoms with Crippen LogP contribution in [0.4, 0.5) is 0 Å². The molecule has 0 amide bonds. The number of hydrogen-bond donors (Lipinski definition) is 1. The molecule has 150 valence electrons. The second-order valence-corrected chi connectivity index (χ2v) is 7.44. The Hall–Kier alpha value is -2.77. The van der Waals surface area contributed by atoms with Crippen LogP contribution < -0.4 is 5.32 Å². The lowest BCUT2D eigenvalue weighted by molar-refractivity contribution is 0.179. The van der Waals surface area contributed by atoms with Gasteiger partial charge in [-0.15, -0.1) is 0 Å². The van der Waals surface area contributed by atoms with Gasteiger partial charge in [0.05, 0.1) is 30.0 Å². The van der Waals surface area contributed by atoms with Crippen molar-refractivity contribution in [1.82, 2.24) is 24.8 Å². The van der Waals surface area contributed by atoms with Crippen molar-refractivity contribution in [3.05, 3.63) is 84.2 Å². The maximum atomic E-state index is 5.72. The fourth-order valence-corrected chi connectivity index (χ4v) is 4.18. The van der Waals surface area contributed by atoms with Gasteiger partial charge in [0, 0.05) is 44.5 Å². The summed E-state index contributed by atoms with van der Waals surface area (Å²) >= 11 is 5.72. The van der Waals surface area contributed by atoms with Gasteiger partial charge in [-0.05, 0) is 55.0 Å². The van der Waals surface area contributed by atoms with Gasteiger partial charge >= 0.3 is 0 Å². The predicted molar refractivity (Wildman–Crippen MR) is 116 cm³/mol. The number of pyridine rings is 2. The summed E-state index contributed by atoms with van der Waals surface area (Å²) in [7, 11) is 1.73. The monoisotopic (exact) mass is 407 g/mol. The molecular weight excluding hydrogens is 382 g/mol. The topological polar surface area (TPSA) is 55.2 Å². The van der Waals surface area contributed by atoms with Gasteiger partial charge in [-0.2, -0.15) is 0 Å². The minimum absolute atomic E-state index is 0.0105. The van der Waals surface area contributed by atoms with Crippen molar-refractivity contribution in [2.45, 2.75) is 25.0 Å². The zero-order valence-electron chi connectivity index (χ0n) is 16.4. The third-order valence-corrected chi connectivity index (χ3v) is 5.52. The first-order valence-corrected chi connectivity index (χ1v) is 10.2. The molecule has 1 aliphatic heterocycles. The van der Waals surface area contributed by atoms with Crippen molar-refractivity contribution >= 4 is 17.3 Å². The van der Waals surface area contributed by atoms with Crippen LogP contribution in [0.2, 0.25) is 0 Å². The van der Waals surface area contributed by atoms with Gasteiger partial charge in [-0.3, -0.25) is 9.97 Å². The molecule has 3 aromatic rings. The molecule has 0 spiro atoms. The molecule has 1 N–H and O–H groups in total. The lowest BCUT2D eigenvalue weighted by Crippen LogP contribution is -2.32. The van der Waals surface area contributed by atoms with Crippen LogP contribution in [0.15, 0.2) is 67.1 Å². The summed E-state index contributed by atoms with van der Waals surface area (Å²) < 4.78 is 7.51. The van der Waals surface area contributed by atoms with Crippen molar-refractivity contribution < 1.29 is 4.74 Å². The van der Waals surface area contributed by atoms with Gasteiger partial charge < -0.3 is 19.5 Å². The highest BCUT2D eigenvalue weighted by Gasteiger charge is 2.40. The Kier molecular flexibility index (Phi) is 6.17. The van der Waals surface area contributed by atoms with Crippen LogP contribution in [0.25, 0.3) is 0 Å². The van der Waals surface area contributed by atoms with Crippen molar-refractivity contribution in [3.8, 4) is 0 Å². The summed E-state index contributed by atoms with van der Waals surface area (Å²) in [6, 6.07) is 16.3. The lowest BCUT2D eigenvalue weighted by atomic mass is 10.0. The van der Waals surface area contributed by atoms with E-state index in [9.17, 15) is 0 Å². The van der Waals surface area contributed by atoms with E-state index in [-0.39, 0.29) is 12.1 Å². The second kappa shape index (κ2) is 9.15. The van der Waals surface area contributed by atoms with Crippen molar-refractivity contribution in [1.29, 1.82) is 0 Å². The normalized spacial score (nSPS) is 18.8. The Morgan fingerprint density at radius 1 is 1.07 bits per heavy atom. The molecular formula is C22H25N5OS. The first-order valence-electron chi connectivity index (χ1n) is 9.80. The summed E-state index contributed by atoms with van der Waals surface area (Å²) in [6.07, 6.45) is 6.68. The second-order valence-electron chi connectivity index (χ2n) is 7.05. The minimum Gasteiger partial charge on any atom is -0.385 e. The third-order valence-electron chi connectivity index (χ3n) is 5.17. The highest BCUT2D eigenvalue weighted by Crippen LogP contribution is 2.38. The number of nitrogens with zero attached hydrogens (tertiary/aromatic N) is 4. The maximum Gasteiger partial charge on any atom is 0.170 e. The van der Waals surface area contributed by atoms with Gasteiger partial charge in [0.15, 0.2) is 5.11 Å². The van der Waals surface area contributed by atoms with E-state index in [0.717, 1.165) is 29.5 Å². The number of methoxy groups -OCH3 is 1. The molecule has 4 heterocycles. The van der Waals surface area contributed by atoms with Crippen LogP contribution in [-0.4, -0.2) is 44.8 Å². The van der Waals surface area contributed by atoms with Crippen LogP contribution in [0.3, 0.4) is 0 Å². The van der Waals surface area contributed by atoms with E-state index in [1.54, 1.807) is 7.11 Å². The Bertz CT molecular complexity index is 931. The standard InChI is InChI=1S/C22H25N5OS/c1-28-15-7-14-27-21(20(25-22(27)29)18-9-3-5-12-24-18)19-10-6-13-26(19)16-17-8-2-4-11-23-17/h2-6,8-13,20-21H,7,14-16H2,1H3,(H,25,29)/t20-,21-/m0/s1. The minimum atomic E-state index is -0.0105. The van der Waals surface area contributed by atoms with Crippen LogP contribution in [0.5, 0.6) is 0 Å². The fourth-order valence-electron chi connectivity index (χ4n) is 3.85. The molecule has 0 saturated carbocycles. The highest BCUT2D eigenvalue weighted by molar-refractivity contribution is 7.80. The molecule has 0 radical (unpaired) electrons. The first-order chi connectivity index (χ1) is 14.3. The van der Waals surface area contributed by atoms with Crippen molar-refractivity contribution in [3.63, 3.8) is 0 Å². The zero-order chi connectivity index (χ0) is 20.1. The van der Waals surface area contributed by atoms with Crippen LogP contribution in [-0.2, 0) is 11.3 Å². The van der Waals surface area contributed by atoms with Crippen LogP contribution >= 0.6 is 12.2 Å². The number of thiocarbonyl (C=S) groups is 1. The summed E-state index contributed by atoms with van der Waals surface area (Å²) in [5, 5.41) is 4.26. The van der Waals surface area contributed by atoms with Gasteiger partial charge in [-0.1, -0.05) is 12.1 Å². The van der Waals surface area contributed by atoms with E-state index < -0.39 is 0 Å². The van der Waals surface area contributed by atoms with Gasteiger partial charge in [0.2, 0.25) is 0 Å². The van der Waals surface area contributed by atoms with Crippen molar-refractivity contribution in [2.24, 2.45) is 0 Å². The first kappa shape index (κ1) is 19.5. The molecule has 1 fully saturated rings. The summed E-state index contributed by atoms with van der Waals surface area (Å²) in [4.78, 5) is 11.4. The Morgan fingerprint density at radius 2 is 1.90 bits per heavy atom. The summed E-state index contributed by atoms with van der Waals surface area (Å²) in [5.41, 5.74) is 3.20. The summed E-state index contributed by atoms with van der Waals surface area (Å²) in [5.74, 6) is 0. The molecule has 1 aliphatic rings. The molecule has 1 saturated heterocycles. The Balaban J connectivity index is 1.68. The fraction of sp³-hybridized carbons (Fsp3) is 0.318. The highest BCUT2D eigenvalue weighted by atomic mass is 32.1. The number of rotatable bonds is 8. The zero-order valence-corrected chi connectivity index (χ0v) is 17.3. The SMILES string of the molecule is COCCCN1C(=S)N[C@@H](c2ccccn2)[C@@H]1c1cccn1Cc1ccccn1. The average molecular weight is 408 g/mol. The third kappa shape index (κ3) is 4.31.